The summed E-state index contributed by atoms with van der Waals surface area (Å²) in [6, 6.07) is 6.92. The summed E-state index contributed by atoms with van der Waals surface area (Å²) in [5, 5.41) is 0. The van der Waals surface area contributed by atoms with E-state index in [1.54, 1.807) is 0 Å². The van der Waals surface area contributed by atoms with E-state index in [1.165, 1.54) is 16.7 Å². The molecule has 0 nitrogen and oxygen atoms in total. The molecule has 0 aliphatic carbocycles. The standard InChI is InChI=1S/C13H20S/c1-10-6-11(9-14-5)8-12(7-10)13(2,3)4/h6-8H,9H2,1-5H3. The zero-order valence-corrected chi connectivity index (χ0v) is 10.7. The van der Waals surface area contributed by atoms with Crippen LogP contribution in [-0.4, -0.2) is 6.26 Å². The summed E-state index contributed by atoms with van der Waals surface area (Å²) in [5.74, 6) is 1.12. The van der Waals surface area contributed by atoms with Crippen LogP contribution in [0.25, 0.3) is 0 Å². The van der Waals surface area contributed by atoms with Crippen LogP contribution >= 0.6 is 11.8 Å². The molecule has 1 aromatic carbocycles. The highest BCUT2D eigenvalue weighted by atomic mass is 32.2. The van der Waals surface area contributed by atoms with Gasteiger partial charge >= 0.3 is 0 Å². The first-order chi connectivity index (χ1) is 6.43. The van der Waals surface area contributed by atoms with E-state index >= 15 is 0 Å². The molecule has 0 spiro atoms. The van der Waals surface area contributed by atoms with Crippen LogP contribution in [0, 0.1) is 6.92 Å². The molecule has 0 heterocycles. The van der Waals surface area contributed by atoms with Crippen molar-refractivity contribution in [2.45, 2.75) is 38.9 Å². The molecule has 0 aromatic heterocycles. The minimum atomic E-state index is 0.263. The first kappa shape index (κ1) is 11.6. The largest absolute Gasteiger partial charge is 0.161 e. The molecule has 1 heteroatoms. The van der Waals surface area contributed by atoms with Crippen molar-refractivity contribution in [2.75, 3.05) is 6.26 Å². The summed E-state index contributed by atoms with van der Waals surface area (Å²) in [4.78, 5) is 0. The first-order valence-corrected chi connectivity index (χ1v) is 6.43. The maximum atomic E-state index is 2.34. The molecular weight excluding hydrogens is 188 g/mol. The molecule has 0 aliphatic heterocycles. The third kappa shape index (κ3) is 3.06. The van der Waals surface area contributed by atoms with Crippen molar-refractivity contribution < 1.29 is 0 Å². The zero-order chi connectivity index (χ0) is 10.8. The molecule has 14 heavy (non-hydrogen) atoms. The minimum Gasteiger partial charge on any atom is -0.161 e. The molecule has 0 aliphatic rings. The molecule has 0 bridgehead atoms. The summed E-state index contributed by atoms with van der Waals surface area (Å²) < 4.78 is 0. The summed E-state index contributed by atoms with van der Waals surface area (Å²) in [7, 11) is 0. The maximum absolute atomic E-state index is 2.34. The van der Waals surface area contributed by atoms with Crippen LogP contribution in [0.3, 0.4) is 0 Å². The number of hydrogen-bond donors (Lipinski definition) is 0. The Morgan fingerprint density at radius 3 is 2.29 bits per heavy atom. The second-order valence-corrected chi connectivity index (χ2v) is 5.76. The van der Waals surface area contributed by atoms with Gasteiger partial charge in [-0.1, -0.05) is 44.5 Å². The SMILES string of the molecule is CSCc1cc(C)cc(C(C)(C)C)c1. The minimum absolute atomic E-state index is 0.263. The lowest BCUT2D eigenvalue weighted by atomic mass is 9.85. The van der Waals surface area contributed by atoms with E-state index in [9.17, 15) is 0 Å². The van der Waals surface area contributed by atoms with Gasteiger partial charge < -0.3 is 0 Å². The van der Waals surface area contributed by atoms with Crippen LogP contribution in [0.15, 0.2) is 18.2 Å². The summed E-state index contributed by atoms with van der Waals surface area (Å²) in [6.07, 6.45) is 2.15. The molecular formula is C13H20S. The molecule has 0 saturated carbocycles. The van der Waals surface area contributed by atoms with Crippen molar-refractivity contribution in [2.24, 2.45) is 0 Å². The van der Waals surface area contributed by atoms with Gasteiger partial charge in [0, 0.05) is 5.75 Å². The Labute approximate surface area is 92.1 Å². The molecule has 0 fully saturated rings. The van der Waals surface area contributed by atoms with Gasteiger partial charge in [-0.25, -0.2) is 0 Å². The van der Waals surface area contributed by atoms with Crippen molar-refractivity contribution >= 4 is 11.8 Å². The Morgan fingerprint density at radius 1 is 1.14 bits per heavy atom. The summed E-state index contributed by atoms with van der Waals surface area (Å²) in [6.45, 7) is 8.99. The molecule has 1 aromatic rings. The van der Waals surface area contributed by atoms with Crippen LogP contribution < -0.4 is 0 Å². The molecule has 1 rings (SSSR count). The third-order valence-corrected chi connectivity index (χ3v) is 2.94. The number of rotatable bonds is 2. The van der Waals surface area contributed by atoms with Gasteiger partial charge in [0.1, 0.15) is 0 Å². The molecule has 0 saturated heterocycles. The van der Waals surface area contributed by atoms with Gasteiger partial charge in [0.25, 0.3) is 0 Å². The molecule has 78 valence electrons. The maximum Gasteiger partial charge on any atom is 0.0181 e. The predicted molar refractivity (Wildman–Crippen MR) is 67.1 cm³/mol. The number of benzene rings is 1. The highest BCUT2D eigenvalue weighted by molar-refractivity contribution is 7.97. The molecule has 0 amide bonds. The van der Waals surface area contributed by atoms with E-state index in [1.807, 2.05) is 11.8 Å². The second-order valence-electron chi connectivity index (χ2n) is 4.89. The fourth-order valence-corrected chi connectivity index (χ4v) is 2.05. The molecule has 0 radical (unpaired) electrons. The van der Waals surface area contributed by atoms with Crippen molar-refractivity contribution in [3.05, 3.63) is 34.9 Å². The Kier molecular flexibility index (Phi) is 3.65. The van der Waals surface area contributed by atoms with E-state index in [4.69, 9.17) is 0 Å². The lowest BCUT2D eigenvalue weighted by molar-refractivity contribution is 0.589. The van der Waals surface area contributed by atoms with Crippen LogP contribution in [0.5, 0.6) is 0 Å². The molecule has 0 N–H and O–H groups in total. The number of aryl methyl sites for hydroxylation is 1. The number of hydrogen-bond acceptors (Lipinski definition) is 1. The highest BCUT2D eigenvalue weighted by Crippen LogP contribution is 2.25. The lowest BCUT2D eigenvalue weighted by Crippen LogP contribution is -2.11. The van der Waals surface area contributed by atoms with Crippen LogP contribution in [0.1, 0.15) is 37.5 Å². The lowest BCUT2D eigenvalue weighted by Gasteiger charge is -2.20. The Balaban J connectivity index is 3.07. The smallest absolute Gasteiger partial charge is 0.0181 e. The van der Waals surface area contributed by atoms with E-state index < -0.39 is 0 Å². The van der Waals surface area contributed by atoms with Crippen LogP contribution in [-0.2, 0) is 11.2 Å². The van der Waals surface area contributed by atoms with Crippen LogP contribution in [0.4, 0.5) is 0 Å². The average Bonchev–Trinajstić information content (AvgIpc) is 2.02. The fourth-order valence-electron chi connectivity index (χ4n) is 1.55. The summed E-state index contributed by atoms with van der Waals surface area (Å²) >= 11 is 1.88. The topological polar surface area (TPSA) is 0 Å². The Hall–Kier alpha value is -0.430. The van der Waals surface area contributed by atoms with Crippen molar-refractivity contribution in [1.29, 1.82) is 0 Å². The van der Waals surface area contributed by atoms with Crippen molar-refractivity contribution in [3.63, 3.8) is 0 Å². The van der Waals surface area contributed by atoms with Gasteiger partial charge in [0.15, 0.2) is 0 Å². The van der Waals surface area contributed by atoms with Gasteiger partial charge in [-0.15, -0.1) is 0 Å². The normalized spacial score (nSPS) is 11.8. The second kappa shape index (κ2) is 4.39. The van der Waals surface area contributed by atoms with Crippen LogP contribution in [0.2, 0.25) is 0 Å². The van der Waals surface area contributed by atoms with Crippen molar-refractivity contribution in [3.8, 4) is 0 Å². The molecule has 0 unspecified atom stereocenters. The van der Waals surface area contributed by atoms with E-state index in [0.29, 0.717) is 0 Å². The Morgan fingerprint density at radius 2 is 1.79 bits per heavy atom. The van der Waals surface area contributed by atoms with Gasteiger partial charge in [0.2, 0.25) is 0 Å². The highest BCUT2D eigenvalue weighted by Gasteiger charge is 2.14. The fraction of sp³-hybridized carbons (Fsp3) is 0.538. The van der Waals surface area contributed by atoms with E-state index in [2.05, 4.69) is 52.1 Å². The van der Waals surface area contributed by atoms with E-state index in [0.717, 1.165) is 5.75 Å². The quantitative estimate of drug-likeness (QED) is 0.703. The zero-order valence-electron chi connectivity index (χ0n) is 9.85. The molecule has 0 atom stereocenters. The summed E-state index contributed by atoms with van der Waals surface area (Å²) in [5.41, 5.74) is 4.53. The third-order valence-electron chi connectivity index (χ3n) is 2.31. The van der Waals surface area contributed by atoms with Gasteiger partial charge in [-0.05, 0) is 29.7 Å². The Bertz CT molecular complexity index is 308. The van der Waals surface area contributed by atoms with Crippen molar-refractivity contribution in [1.82, 2.24) is 0 Å². The predicted octanol–water partition coefficient (Wildman–Crippen LogP) is 4.16. The van der Waals surface area contributed by atoms with Gasteiger partial charge in [0.05, 0.1) is 0 Å². The first-order valence-electron chi connectivity index (χ1n) is 5.03. The number of thioether (sulfide) groups is 1. The monoisotopic (exact) mass is 208 g/mol. The van der Waals surface area contributed by atoms with Gasteiger partial charge in [-0.2, -0.15) is 11.8 Å². The average molecular weight is 208 g/mol. The van der Waals surface area contributed by atoms with Gasteiger partial charge in [-0.3, -0.25) is 0 Å². The van der Waals surface area contributed by atoms with E-state index in [-0.39, 0.29) is 5.41 Å².